The van der Waals surface area contributed by atoms with Gasteiger partial charge in [0.25, 0.3) is 0 Å². The van der Waals surface area contributed by atoms with Gasteiger partial charge in [-0.25, -0.2) is 17.6 Å². The molecule has 2 nitrogen and oxygen atoms in total. The van der Waals surface area contributed by atoms with Gasteiger partial charge in [0, 0.05) is 0 Å². The monoisotopic (exact) mass is 296 g/mol. The van der Waals surface area contributed by atoms with Crippen LogP contribution in [-0.4, -0.2) is 12.1 Å². The van der Waals surface area contributed by atoms with Gasteiger partial charge in [-0.15, -0.1) is 5.12 Å². The van der Waals surface area contributed by atoms with E-state index in [1.807, 2.05) is 0 Å². The molecule has 1 aliphatic rings. The van der Waals surface area contributed by atoms with E-state index in [2.05, 4.69) is 0 Å². The van der Waals surface area contributed by atoms with Gasteiger partial charge in [0.1, 0.15) is 11.4 Å². The quantitative estimate of drug-likeness (QED) is 0.259. The molecule has 1 N–H and O–H groups in total. The average Bonchev–Trinajstić information content (AvgIpc) is 2.31. The third-order valence-electron chi connectivity index (χ3n) is 2.34. The molecule has 0 spiro atoms. The molecule has 11 heteroatoms. The summed E-state index contributed by atoms with van der Waals surface area (Å²) in [4.78, 5) is 0. The van der Waals surface area contributed by atoms with Crippen molar-refractivity contribution < 1.29 is 39.6 Å². The smallest absolute Gasteiger partial charge is 0.315 e. The SMILES string of the molecule is Fc1c(F)c(F)c2c(c1F)NC(F)(F)C(F)(F)N2F. The molecule has 1 heterocycles. The van der Waals surface area contributed by atoms with E-state index in [1.165, 1.54) is 0 Å². The van der Waals surface area contributed by atoms with Crippen LogP contribution in [0.2, 0.25) is 0 Å². The largest absolute Gasteiger partial charge is 0.434 e. The zero-order chi connectivity index (χ0) is 14.7. The number of halogens is 9. The number of benzene rings is 1. The van der Waals surface area contributed by atoms with Crippen LogP contribution in [0.1, 0.15) is 0 Å². The zero-order valence-corrected chi connectivity index (χ0v) is 8.35. The number of hydrogen-bond donors (Lipinski definition) is 1. The van der Waals surface area contributed by atoms with Crippen molar-refractivity contribution in [2.75, 3.05) is 10.4 Å². The first-order chi connectivity index (χ1) is 8.52. The molecule has 0 bridgehead atoms. The lowest BCUT2D eigenvalue weighted by molar-refractivity contribution is -0.212. The first-order valence-electron chi connectivity index (χ1n) is 4.38. The van der Waals surface area contributed by atoms with Crippen molar-refractivity contribution in [3.8, 4) is 0 Å². The summed E-state index contributed by atoms with van der Waals surface area (Å²) in [5.41, 5.74) is -4.14. The fourth-order valence-corrected chi connectivity index (χ4v) is 1.41. The van der Waals surface area contributed by atoms with Crippen LogP contribution >= 0.6 is 0 Å². The summed E-state index contributed by atoms with van der Waals surface area (Å²) in [7, 11) is 0. The maximum absolute atomic E-state index is 13.1. The molecule has 19 heavy (non-hydrogen) atoms. The zero-order valence-electron chi connectivity index (χ0n) is 8.35. The molecular weight excluding hydrogens is 295 g/mol. The molecule has 2 rings (SSSR count). The fraction of sp³-hybridized carbons (Fsp3) is 0.250. The van der Waals surface area contributed by atoms with Crippen molar-refractivity contribution in [1.82, 2.24) is 0 Å². The summed E-state index contributed by atoms with van der Waals surface area (Å²) < 4.78 is 116. The normalized spacial score (nSPS) is 19.9. The molecule has 0 aliphatic carbocycles. The fourth-order valence-electron chi connectivity index (χ4n) is 1.41. The molecule has 0 aromatic heterocycles. The Hall–Kier alpha value is -1.81. The Bertz CT molecular complexity index is 556. The van der Waals surface area contributed by atoms with Gasteiger partial charge in [-0.2, -0.15) is 17.6 Å². The first kappa shape index (κ1) is 13.6. The summed E-state index contributed by atoms with van der Waals surface area (Å²) in [5, 5.41) is -1.71. The average molecular weight is 296 g/mol. The standard InChI is InChI=1S/C8HF9N2/c9-1-2(10)4(12)6-5(3(1)11)18-7(13,14)8(15,16)19(6)17/h18H. The lowest BCUT2D eigenvalue weighted by atomic mass is 10.1. The molecule has 0 radical (unpaired) electrons. The summed E-state index contributed by atoms with van der Waals surface area (Å²) in [6.07, 6.45) is 0. The first-order valence-corrected chi connectivity index (χ1v) is 4.38. The van der Waals surface area contributed by atoms with Crippen LogP contribution in [0, 0.1) is 23.3 Å². The highest BCUT2D eigenvalue weighted by Crippen LogP contribution is 2.50. The highest BCUT2D eigenvalue weighted by atomic mass is 19.3. The van der Waals surface area contributed by atoms with Gasteiger partial charge >= 0.3 is 12.1 Å². The summed E-state index contributed by atoms with van der Waals surface area (Å²) in [6.45, 7) is 0. The Labute approximate surface area is 97.9 Å². The second kappa shape index (κ2) is 3.61. The van der Waals surface area contributed by atoms with Crippen LogP contribution in [0.25, 0.3) is 0 Å². The number of anilines is 2. The summed E-state index contributed by atoms with van der Waals surface area (Å²) >= 11 is 0. The topological polar surface area (TPSA) is 15.3 Å². The molecule has 0 atom stereocenters. The Morgan fingerprint density at radius 1 is 0.789 bits per heavy atom. The van der Waals surface area contributed by atoms with Gasteiger partial charge in [0.15, 0.2) is 23.3 Å². The van der Waals surface area contributed by atoms with E-state index in [-0.39, 0.29) is 0 Å². The van der Waals surface area contributed by atoms with Crippen molar-refractivity contribution in [3.05, 3.63) is 23.3 Å². The Morgan fingerprint density at radius 2 is 1.26 bits per heavy atom. The van der Waals surface area contributed by atoms with Crippen LogP contribution in [0.4, 0.5) is 51.0 Å². The number of rotatable bonds is 0. The van der Waals surface area contributed by atoms with E-state index < -0.39 is 51.9 Å². The van der Waals surface area contributed by atoms with Crippen molar-refractivity contribution in [2.24, 2.45) is 0 Å². The van der Waals surface area contributed by atoms with Crippen molar-refractivity contribution in [2.45, 2.75) is 12.1 Å². The number of nitrogens with one attached hydrogen (secondary N) is 1. The molecule has 1 aromatic carbocycles. The van der Waals surface area contributed by atoms with Crippen LogP contribution in [0.3, 0.4) is 0 Å². The third-order valence-corrected chi connectivity index (χ3v) is 2.34. The van der Waals surface area contributed by atoms with Crippen LogP contribution in [0.5, 0.6) is 0 Å². The minimum atomic E-state index is -5.63. The predicted octanol–water partition coefficient (Wildman–Crippen LogP) is 3.54. The minimum absolute atomic E-state index is 0.447. The van der Waals surface area contributed by atoms with E-state index >= 15 is 0 Å². The van der Waals surface area contributed by atoms with E-state index in [1.54, 1.807) is 0 Å². The lowest BCUT2D eigenvalue weighted by Crippen LogP contribution is -2.59. The van der Waals surface area contributed by atoms with E-state index in [0.717, 1.165) is 0 Å². The van der Waals surface area contributed by atoms with Crippen LogP contribution < -0.4 is 10.4 Å². The van der Waals surface area contributed by atoms with Gasteiger partial charge < -0.3 is 5.32 Å². The highest BCUT2D eigenvalue weighted by molar-refractivity contribution is 5.74. The Balaban J connectivity index is 2.81. The van der Waals surface area contributed by atoms with Gasteiger partial charge in [-0.05, 0) is 0 Å². The maximum atomic E-state index is 13.1. The highest BCUT2D eigenvalue weighted by Gasteiger charge is 2.67. The molecule has 0 saturated heterocycles. The molecule has 106 valence electrons. The third kappa shape index (κ3) is 1.53. The summed E-state index contributed by atoms with van der Waals surface area (Å²) in [6, 6.07) is -11.0. The Kier molecular flexibility index (Phi) is 2.58. The molecule has 0 amide bonds. The minimum Gasteiger partial charge on any atom is -0.315 e. The van der Waals surface area contributed by atoms with E-state index in [0.29, 0.717) is 5.32 Å². The second-order valence-electron chi connectivity index (χ2n) is 3.50. The van der Waals surface area contributed by atoms with Gasteiger partial charge in [0.05, 0.1) is 0 Å². The van der Waals surface area contributed by atoms with Crippen molar-refractivity contribution in [3.63, 3.8) is 0 Å². The Morgan fingerprint density at radius 3 is 1.79 bits per heavy atom. The maximum Gasteiger partial charge on any atom is 0.434 e. The number of hydrogen-bond acceptors (Lipinski definition) is 2. The van der Waals surface area contributed by atoms with Crippen LogP contribution in [0.15, 0.2) is 0 Å². The molecule has 1 aliphatic heterocycles. The predicted molar refractivity (Wildman–Crippen MR) is 43.4 cm³/mol. The van der Waals surface area contributed by atoms with Gasteiger partial charge in [0.2, 0.25) is 0 Å². The van der Waals surface area contributed by atoms with Gasteiger partial charge in [-0.1, -0.05) is 4.48 Å². The number of alkyl halides is 4. The molecule has 0 saturated carbocycles. The molecule has 0 fully saturated rings. The molecule has 0 unspecified atom stereocenters. The van der Waals surface area contributed by atoms with E-state index in [4.69, 9.17) is 0 Å². The van der Waals surface area contributed by atoms with Crippen molar-refractivity contribution >= 4 is 11.4 Å². The second-order valence-corrected chi connectivity index (χ2v) is 3.50. The van der Waals surface area contributed by atoms with E-state index in [9.17, 15) is 39.6 Å². The number of fused-ring (bicyclic) bond motifs is 1. The van der Waals surface area contributed by atoms with Crippen molar-refractivity contribution in [1.29, 1.82) is 0 Å². The lowest BCUT2D eigenvalue weighted by Gasteiger charge is -2.37. The van der Waals surface area contributed by atoms with Gasteiger partial charge in [-0.3, -0.25) is 0 Å². The molecule has 1 aromatic rings. The summed E-state index contributed by atoms with van der Waals surface area (Å²) in [5.74, 6) is -10.2. The number of nitrogens with zero attached hydrogens (tertiary/aromatic N) is 1. The molecular formula is C8HF9N2. The van der Waals surface area contributed by atoms with Crippen LogP contribution in [-0.2, 0) is 0 Å².